The van der Waals surface area contributed by atoms with Crippen LogP contribution in [0, 0.1) is 0 Å². The SMILES string of the molecule is CCCNC(=O)CN1CCC(NC(=O)c2csc3c2CCCC3)CC1. The Hall–Kier alpha value is -1.40. The van der Waals surface area contributed by atoms with Crippen LogP contribution < -0.4 is 10.6 Å². The second-order valence-electron chi connectivity index (χ2n) is 7.13. The average molecular weight is 364 g/mol. The summed E-state index contributed by atoms with van der Waals surface area (Å²) in [4.78, 5) is 28.0. The third-order valence-electron chi connectivity index (χ3n) is 5.17. The summed E-state index contributed by atoms with van der Waals surface area (Å²) in [6.45, 7) is 5.01. The van der Waals surface area contributed by atoms with Crippen molar-refractivity contribution in [2.24, 2.45) is 0 Å². The molecule has 1 aliphatic heterocycles. The van der Waals surface area contributed by atoms with Crippen LogP contribution >= 0.6 is 11.3 Å². The number of aryl methyl sites for hydroxylation is 1. The highest BCUT2D eigenvalue weighted by Gasteiger charge is 2.25. The van der Waals surface area contributed by atoms with E-state index in [9.17, 15) is 9.59 Å². The van der Waals surface area contributed by atoms with Crippen molar-refractivity contribution >= 4 is 23.2 Å². The van der Waals surface area contributed by atoms with Gasteiger partial charge in [0.1, 0.15) is 0 Å². The Kier molecular flexibility index (Phi) is 6.48. The van der Waals surface area contributed by atoms with Crippen LogP contribution in [0.5, 0.6) is 0 Å². The summed E-state index contributed by atoms with van der Waals surface area (Å²) >= 11 is 1.74. The van der Waals surface area contributed by atoms with Gasteiger partial charge in [-0.1, -0.05) is 6.92 Å². The summed E-state index contributed by atoms with van der Waals surface area (Å²) in [6.07, 6.45) is 7.42. The van der Waals surface area contributed by atoms with Crippen LogP contribution in [-0.4, -0.2) is 48.9 Å². The van der Waals surface area contributed by atoms with Gasteiger partial charge < -0.3 is 10.6 Å². The van der Waals surface area contributed by atoms with Gasteiger partial charge in [0.2, 0.25) is 5.91 Å². The molecule has 1 aromatic rings. The van der Waals surface area contributed by atoms with E-state index in [4.69, 9.17) is 0 Å². The molecule has 0 unspecified atom stereocenters. The first kappa shape index (κ1) is 18.4. The predicted molar refractivity (Wildman–Crippen MR) is 101 cm³/mol. The van der Waals surface area contributed by atoms with Crippen molar-refractivity contribution in [3.05, 3.63) is 21.4 Å². The molecule has 1 aliphatic carbocycles. The van der Waals surface area contributed by atoms with Gasteiger partial charge in [-0.2, -0.15) is 0 Å². The molecule has 2 heterocycles. The Bertz CT molecular complexity index is 606. The molecule has 0 bridgehead atoms. The fourth-order valence-electron chi connectivity index (χ4n) is 3.71. The summed E-state index contributed by atoms with van der Waals surface area (Å²) in [6, 6.07) is 0.224. The number of rotatable bonds is 6. The van der Waals surface area contributed by atoms with E-state index < -0.39 is 0 Å². The average Bonchev–Trinajstić information content (AvgIpc) is 3.06. The fourth-order valence-corrected chi connectivity index (χ4v) is 4.83. The van der Waals surface area contributed by atoms with Gasteiger partial charge >= 0.3 is 0 Å². The summed E-state index contributed by atoms with van der Waals surface area (Å²) in [5.74, 6) is 0.202. The van der Waals surface area contributed by atoms with E-state index in [1.807, 2.05) is 5.38 Å². The normalized spacial score (nSPS) is 18.6. The number of nitrogens with one attached hydrogen (secondary N) is 2. The van der Waals surface area contributed by atoms with Gasteiger partial charge in [-0.3, -0.25) is 14.5 Å². The fraction of sp³-hybridized carbons (Fsp3) is 0.684. The first-order chi connectivity index (χ1) is 12.2. The number of piperidine rings is 1. The number of carbonyl (C=O) groups excluding carboxylic acids is 2. The summed E-state index contributed by atoms with van der Waals surface area (Å²) < 4.78 is 0. The highest BCUT2D eigenvalue weighted by molar-refractivity contribution is 7.10. The maximum atomic E-state index is 12.6. The topological polar surface area (TPSA) is 61.4 Å². The zero-order valence-corrected chi connectivity index (χ0v) is 15.9. The Morgan fingerprint density at radius 1 is 1.24 bits per heavy atom. The highest BCUT2D eigenvalue weighted by Crippen LogP contribution is 2.30. The minimum Gasteiger partial charge on any atom is -0.355 e. The summed E-state index contributed by atoms with van der Waals surface area (Å²) in [5, 5.41) is 8.18. The molecule has 25 heavy (non-hydrogen) atoms. The highest BCUT2D eigenvalue weighted by atomic mass is 32.1. The Labute approximate surface area is 154 Å². The number of likely N-dealkylation sites (tertiary alicyclic amines) is 1. The van der Waals surface area contributed by atoms with E-state index in [1.54, 1.807) is 11.3 Å². The quantitative estimate of drug-likeness (QED) is 0.816. The number of hydrogen-bond acceptors (Lipinski definition) is 4. The lowest BCUT2D eigenvalue weighted by atomic mass is 9.95. The van der Waals surface area contributed by atoms with Gasteiger partial charge in [-0.25, -0.2) is 0 Å². The Morgan fingerprint density at radius 3 is 2.76 bits per heavy atom. The number of fused-ring (bicyclic) bond motifs is 1. The van der Waals surface area contributed by atoms with Crippen molar-refractivity contribution in [3.8, 4) is 0 Å². The van der Waals surface area contributed by atoms with Crippen LogP contribution in [0.2, 0.25) is 0 Å². The van der Waals surface area contributed by atoms with E-state index in [-0.39, 0.29) is 17.9 Å². The molecule has 138 valence electrons. The Morgan fingerprint density at radius 2 is 2.00 bits per heavy atom. The van der Waals surface area contributed by atoms with Gasteiger partial charge in [0.15, 0.2) is 0 Å². The van der Waals surface area contributed by atoms with Crippen molar-refractivity contribution in [1.29, 1.82) is 0 Å². The van der Waals surface area contributed by atoms with E-state index in [0.717, 1.165) is 57.3 Å². The van der Waals surface area contributed by atoms with Crippen molar-refractivity contribution in [2.45, 2.75) is 57.9 Å². The standard InChI is InChI=1S/C19H29N3O2S/c1-2-9-20-18(23)12-22-10-7-14(8-11-22)21-19(24)16-13-25-17-6-4-3-5-15(16)17/h13-14H,2-12H2,1H3,(H,20,23)(H,21,24). The van der Waals surface area contributed by atoms with Crippen molar-refractivity contribution in [1.82, 2.24) is 15.5 Å². The first-order valence-corrected chi connectivity index (χ1v) is 10.4. The molecule has 0 radical (unpaired) electrons. The molecule has 2 N–H and O–H groups in total. The lowest BCUT2D eigenvalue weighted by molar-refractivity contribution is -0.122. The van der Waals surface area contributed by atoms with E-state index in [0.29, 0.717) is 6.54 Å². The minimum absolute atomic E-state index is 0.0959. The first-order valence-electron chi connectivity index (χ1n) is 9.56. The van der Waals surface area contributed by atoms with Gasteiger partial charge in [-0.05, 0) is 50.5 Å². The Balaban J connectivity index is 1.45. The maximum Gasteiger partial charge on any atom is 0.252 e. The second-order valence-corrected chi connectivity index (χ2v) is 8.10. The van der Waals surface area contributed by atoms with Gasteiger partial charge in [0.25, 0.3) is 5.91 Å². The molecular weight excluding hydrogens is 334 g/mol. The third-order valence-corrected chi connectivity index (χ3v) is 6.26. The lowest BCUT2D eigenvalue weighted by Crippen LogP contribution is -2.47. The molecule has 1 saturated heterocycles. The van der Waals surface area contributed by atoms with Crippen molar-refractivity contribution < 1.29 is 9.59 Å². The molecule has 0 spiro atoms. The second kappa shape index (κ2) is 8.81. The summed E-state index contributed by atoms with van der Waals surface area (Å²) in [5.41, 5.74) is 2.19. The minimum atomic E-state index is 0.0959. The van der Waals surface area contributed by atoms with Crippen molar-refractivity contribution in [2.75, 3.05) is 26.2 Å². The molecular formula is C19H29N3O2S. The van der Waals surface area contributed by atoms with Crippen LogP contribution in [0.3, 0.4) is 0 Å². The molecule has 6 heteroatoms. The number of amides is 2. The number of hydrogen-bond donors (Lipinski definition) is 2. The zero-order valence-electron chi connectivity index (χ0n) is 15.1. The third kappa shape index (κ3) is 4.82. The molecule has 0 aromatic carbocycles. The van der Waals surface area contributed by atoms with Gasteiger partial charge in [0.05, 0.1) is 12.1 Å². The van der Waals surface area contributed by atoms with Crippen molar-refractivity contribution in [3.63, 3.8) is 0 Å². The van der Waals surface area contributed by atoms with E-state index in [1.165, 1.54) is 23.3 Å². The van der Waals surface area contributed by atoms with Gasteiger partial charge in [-0.15, -0.1) is 11.3 Å². The monoisotopic (exact) mass is 363 g/mol. The zero-order chi connectivity index (χ0) is 17.6. The largest absolute Gasteiger partial charge is 0.355 e. The maximum absolute atomic E-state index is 12.6. The van der Waals surface area contributed by atoms with E-state index in [2.05, 4.69) is 22.5 Å². The van der Waals surface area contributed by atoms with Crippen LogP contribution in [-0.2, 0) is 17.6 Å². The lowest BCUT2D eigenvalue weighted by Gasteiger charge is -2.31. The molecule has 1 aromatic heterocycles. The molecule has 2 amide bonds. The number of thiophene rings is 1. The van der Waals surface area contributed by atoms with Crippen LogP contribution in [0.4, 0.5) is 0 Å². The molecule has 1 fully saturated rings. The van der Waals surface area contributed by atoms with E-state index >= 15 is 0 Å². The van der Waals surface area contributed by atoms with Gasteiger partial charge in [0, 0.05) is 35.9 Å². The smallest absolute Gasteiger partial charge is 0.252 e. The molecule has 3 rings (SSSR count). The van der Waals surface area contributed by atoms with Crippen LogP contribution in [0.1, 0.15) is 59.8 Å². The van der Waals surface area contributed by atoms with Crippen LogP contribution in [0.25, 0.3) is 0 Å². The number of nitrogens with zero attached hydrogens (tertiary/aromatic N) is 1. The van der Waals surface area contributed by atoms with Crippen LogP contribution in [0.15, 0.2) is 5.38 Å². The predicted octanol–water partition coefficient (Wildman–Crippen LogP) is 2.35. The molecule has 0 saturated carbocycles. The number of carbonyl (C=O) groups is 2. The molecule has 2 aliphatic rings. The molecule has 5 nitrogen and oxygen atoms in total. The molecule has 0 atom stereocenters. The summed E-state index contributed by atoms with van der Waals surface area (Å²) in [7, 11) is 0.